The van der Waals surface area contributed by atoms with E-state index in [9.17, 15) is 0 Å². The molecule has 0 saturated carbocycles. The minimum absolute atomic E-state index is 0.621. The lowest BCUT2D eigenvalue weighted by Gasteiger charge is -2.46. The molecule has 6 rings (SSSR count). The summed E-state index contributed by atoms with van der Waals surface area (Å²) >= 11 is 12.5. The van der Waals surface area contributed by atoms with Crippen molar-refractivity contribution in [2.75, 3.05) is 26.2 Å². The zero-order valence-electron chi connectivity index (χ0n) is 18.1. The van der Waals surface area contributed by atoms with Gasteiger partial charge in [0.15, 0.2) is 0 Å². The highest BCUT2D eigenvalue weighted by molar-refractivity contribution is 6.42. The molecule has 4 aromatic rings. The largest absolute Gasteiger partial charge is 0.346 e. The number of nitrogens with zero attached hydrogens (tertiary/aromatic N) is 6. The molecule has 2 aliphatic heterocycles. The van der Waals surface area contributed by atoms with Crippen LogP contribution < -0.4 is 0 Å². The number of aromatic amines is 1. The van der Waals surface area contributed by atoms with Gasteiger partial charge in [-0.05, 0) is 43.6 Å². The van der Waals surface area contributed by atoms with Crippen LogP contribution in [0.2, 0.25) is 10.0 Å². The highest BCUT2D eigenvalue weighted by Gasteiger charge is 2.36. The van der Waals surface area contributed by atoms with E-state index in [1.807, 2.05) is 35.3 Å². The van der Waals surface area contributed by atoms with Crippen molar-refractivity contribution in [1.82, 2.24) is 34.5 Å². The zero-order chi connectivity index (χ0) is 22.4. The number of piperidine rings is 1. The van der Waals surface area contributed by atoms with Crippen LogP contribution in [-0.4, -0.2) is 66.8 Å². The Hall–Kier alpha value is -2.45. The van der Waals surface area contributed by atoms with Crippen LogP contribution in [0.25, 0.3) is 22.3 Å². The van der Waals surface area contributed by atoms with Crippen molar-refractivity contribution in [2.24, 2.45) is 0 Å². The van der Waals surface area contributed by atoms with Gasteiger partial charge in [-0.15, -0.1) is 0 Å². The quantitative estimate of drug-likeness (QED) is 0.455. The molecular weight excluding hydrogens is 457 g/mol. The smallest absolute Gasteiger partial charge is 0.141 e. The van der Waals surface area contributed by atoms with Gasteiger partial charge >= 0.3 is 0 Å². The third-order valence-electron chi connectivity index (χ3n) is 6.80. The Morgan fingerprint density at radius 2 is 1.91 bits per heavy atom. The van der Waals surface area contributed by atoms with Crippen LogP contribution in [0.1, 0.15) is 18.4 Å². The predicted octanol–water partition coefficient (Wildman–Crippen LogP) is 4.49. The number of likely N-dealkylation sites (tertiary alicyclic amines) is 2. The Morgan fingerprint density at radius 1 is 1.06 bits per heavy atom. The molecule has 1 aromatic carbocycles. The van der Waals surface area contributed by atoms with Crippen molar-refractivity contribution < 1.29 is 0 Å². The number of aromatic nitrogens is 5. The molecule has 3 aromatic heterocycles. The average Bonchev–Trinajstić information content (AvgIpc) is 3.47. The fourth-order valence-corrected chi connectivity index (χ4v) is 5.28. The van der Waals surface area contributed by atoms with Crippen LogP contribution >= 0.6 is 23.2 Å². The SMILES string of the molecule is Clc1cccc(CN2CCC(N3C[C](n4cc(-c5ncnc6[nH]ccc56)cn4)C3)CC2)c1Cl. The standard InChI is InChI=1S/C24H24Cl2N7/c25-21-3-1-2-16(22(21)26)11-31-8-5-18(6-9-31)32-13-19(14-32)33-12-17(10-30-33)23-20-4-7-27-24(20)29-15-28-23/h1-4,7,10,12,15,18H,5-6,8-9,11,13-14H2,(H,27,28,29). The van der Waals surface area contributed by atoms with Crippen molar-refractivity contribution in [3.8, 4) is 11.3 Å². The highest BCUT2D eigenvalue weighted by atomic mass is 35.5. The number of benzene rings is 1. The van der Waals surface area contributed by atoms with Gasteiger partial charge in [0.05, 0.1) is 21.9 Å². The predicted molar refractivity (Wildman–Crippen MR) is 130 cm³/mol. The summed E-state index contributed by atoms with van der Waals surface area (Å²) < 4.78 is 2.02. The summed E-state index contributed by atoms with van der Waals surface area (Å²) in [5.41, 5.74) is 3.88. The number of hydrogen-bond donors (Lipinski definition) is 1. The molecule has 33 heavy (non-hydrogen) atoms. The number of nitrogens with one attached hydrogen (secondary N) is 1. The Morgan fingerprint density at radius 3 is 2.76 bits per heavy atom. The molecule has 0 aliphatic carbocycles. The van der Waals surface area contributed by atoms with Crippen LogP contribution in [0, 0.1) is 6.04 Å². The summed E-state index contributed by atoms with van der Waals surface area (Å²) in [6.45, 7) is 4.94. The Kier molecular flexibility index (Phi) is 5.58. The van der Waals surface area contributed by atoms with E-state index in [0.717, 1.165) is 60.6 Å². The van der Waals surface area contributed by atoms with Crippen molar-refractivity contribution >= 4 is 34.2 Å². The first-order valence-electron chi connectivity index (χ1n) is 11.2. The van der Waals surface area contributed by atoms with Gasteiger partial charge in [0.2, 0.25) is 0 Å². The van der Waals surface area contributed by atoms with Gasteiger partial charge in [0, 0.05) is 49.0 Å². The minimum atomic E-state index is 0.621. The normalized spacial score (nSPS) is 18.7. The molecule has 0 unspecified atom stereocenters. The second kappa shape index (κ2) is 8.72. The van der Waals surface area contributed by atoms with Crippen molar-refractivity contribution in [3.63, 3.8) is 0 Å². The minimum Gasteiger partial charge on any atom is -0.346 e. The molecule has 5 heterocycles. The summed E-state index contributed by atoms with van der Waals surface area (Å²) in [6.07, 6.45) is 9.80. The molecule has 7 nitrogen and oxygen atoms in total. The topological polar surface area (TPSA) is 65.9 Å². The molecule has 2 saturated heterocycles. The molecule has 0 bridgehead atoms. The molecular formula is C24H24Cl2N7. The third-order valence-corrected chi connectivity index (χ3v) is 7.66. The lowest BCUT2D eigenvalue weighted by molar-refractivity contribution is 0.0669. The van der Waals surface area contributed by atoms with Crippen LogP contribution in [0.3, 0.4) is 0 Å². The van der Waals surface area contributed by atoms with E-state index in [4.69, 9.17) is 23.2 Å². The first kappa shape index (κ1) is 21.1. The molecule has 1 N–H and O–H groups in total. The van der Waals surface area contributed by atoms with Crippen molar-refractivity contribution in [3.05, 3.63) is 70.8 Å². The number of fused-ring (bicyclic) bond motifs is 1. The van der Waals surface area contributed by atoms with E-state index in [0.29, 0.717) is 16.1 Å². The maximum atomic E-state index is 6.37. The molecule has 169 valence electrons. The lowest BCUT2D eigenvalue weighted by atomic mass is 9.97. The lowest BCUT2D eigenvalue weighted by Crippen LogP contribution is -2.56. The summed E-state index contributed by atoms with van der Waals surface area (Å²) in [7, 11) is 0. The fourth-order valence-electron chi connectivity index (χ4n) is 4.90. The molecule has 0 amide bonds. The molecule has 9 heteroatoms. The summed E-state index contributed by atoms with van der Waals surface area (Å²) in [5, 5.41) is 6.94. The van der Waals surface area contributed by atoms with Crippen molar-refractivity contribution in [2.45, 2.75) is 25.4 Å². The average molecular weight is 481 g/mol. The first-order chi connectivity index (χ1) is 16.2. The van der Waals surface area contributed by atoms with Crippen LogP contribution in [0.15, 0.2) is 49.2 Å². The molecule has 0 atom stereocenters. The van der Waals surface area contributed by atoms with Crippen LogP contribution in [0.5, 0.6) is 0 Å². The monoisotopic (exact) mass is 480 g/mol. The van der Waals surface area contributed by atoms with Crippen LogP contribution in [-0.2, 0) is 6.54 Å². The van der Waals surface area contributed by atoms with E-state index in [1.165, 1.54) is 18.9 Å². The van der Waals surface area contributed by atoms with E-state index < -0.39 is 0 Å². The summed E-state index contributed by atoms with van der Waals surface area (Å²) in [5.74, 6) is 0. The summed E-state index contributed by atoms with van der Waals surface area (Å²) in [4.78, 5) is 16.9. The van der Waals surface area contributed by atoms with Gasteiger partial charge < -0.3 is 4.98 Å². The van der Waals surface area contributed by atoms with Crippen molar-refractivity contribution in [1.29, 1.82) is 0 Å². The Bertz CT molecular complexity index is 1270. The number of halogens is 2. The van der Waals surface area contributed by atoms with E-state index in [-0.39, 0.29) is 0 Å². The third kappa shape index (κ3) is 4.04. The Labute approximate surface area is 202 Å². The van der Waals surface area contributed by atoms with E-state index in [2.05, 4.69) is 42.1 Å². The number of hydrogen-bond acceptors (Lipinski definition) is 5. The Balaban J connectivity index is 1.04. The van der Waals surface area contributed by atoms with Gasteiger partial charge in [-0.1, -0.05) is 35.3 Å². The number of H-pyrrole nitrogens is 1. The van der Waals surface area contributed by atoms with Gasteiger partial charge in [-0.3, -0.25) is 14.5 Å². The maximum absolute atomic E-state index is 6.37. The zero-order valence-corrected chi connectivity index (χ0v) is 19.6. The molecule has 0 spiro atoms. The van der Waals surface area contributed by atoms with Gasteiger partial charge in [0.1, 0.15) is 18.0 Å². The van der Waals surface area contributed by atoms with Gasteiger partial charge in [0.25, 0.3) is 0 Å². The number of rotatable bonds is 5. The molecule has 1 radical (unpaired) electrons. The molecule has 2 fully saturated rings. The molecule has 2 aliphatic rings. The maximum Gasteiger partial charge on any atom is 0.141 e. The van der Waals surface area contributed by atoms with E-state index in [1.54, 1.807) is 6.33 Å². The second-order valence-corrected chi connectivity index (χ2v) is 9.61. The van der Waals surface area contributed by atoms with Crippen LogP contribution in [0.4, 0.5) is 0 Å². The second-order valence-electron chi connectivity index (χ2n) is 8.83. The summed E-state index contributed by atoms with van der Waals surface area (Å²) in [6, 6.07) is 9.84. The van der Waals surface area contributed by atoms with E-state index >= 15 is 0 Å². The highest BCUT2D eigenvalue weighted by Crippen LogP contribution is 2.31. The van der Waals surface area contributed by atoms with Gasteiger partial charge in [-0.2, -0.15) is 5.10 Å². The fraction of sp³-hybridized carbons (Fsp3) is 0.333. The first-order valence-corrected chi connectivity index (χ1v) is 12.0. The van der Waals surface area contributed by atoms with Gasteiger partial charge in [-0.25, -0.2) is 9.97 Å².